The van der Waals surface area contributed by atoms with Crippen molar-refractivity contribution in [2.75, 3.05) is 12.0 Å². The zero-order chi connectivity index (χ0) is 12.1. The maximum absolute atomic E-state index is 10.3. The van der Waals surface area contributed by atoms with E-state index >= 15 is 0 Å². The normalized spacial score (nSPS) is 18.3. The SMILES string of the molecule is CS(=O)(=O)O.O=S(=O)(O)CC1CCCC1. The molecular weight excluding hydrogens is 244 g/mol. The molecular formula is C7H16O6S2. The molecule has 15 heavy (non-hydrogen) atoms. The molecule has 0 spiro atoms. The van der Waals surface area contributed by atoms with Crippen molar-refractivity contribution in [1.29, 1.82) is 0 Å². The third-order valence-corrected chi connectivity index (χ3v) is 2.81. The first-order chi connectivity index (χ1) is 6.58. The first-order valence-electron chi connectivity index (χ1n) is 4.45. The van der Waals surface area contributed by atoms with Gasteiger partial charge in [-0.05, 0) is 18.8 Å². The molecule has 1 aliphatic rings. The largest absolute Gasteiger partial charge is 0.286 e. The predicted octanol–water partition coefficient (Wildman–Crippen LogP) is 0.568. The van der Waals surface area contributed by atoms with Gasteiger partial charge in [0, 0.05) is 0 Å². The summed E-state index contributed by atoms with van der Waals surface area (Å²) in [5, 5.41) is 0. The number of rotatable bonds is 2. The molecule has 0 aliphatic heterocycles. The van der Waals surface area contributed by atoms with Crippen LogP contribution in [-0.2, 0) is 20.2 Å². The minimum Gasteiger partial charge on any atom is -0.286 e. The van der Waals surface area contributed by atoms with Gasteiger partial charge in [-0.2, -0.15) is 16.8 Å². The number of hydrogen-bond acceptors (Lipinski definition) is 4. The highest BCUT2D eigenvalue weighted by molar-refractivity contribution is 7.85. The molecule has 6 nitrogen and oxygen atoms in total. The number of hydrogen-bond donors (Lipinski definition) is 2. The molecule has 0 saturated heterocycles. The summed E-state index contributed by atoms with van der Waals surface area (Å²) in [7, 11) is -7.37. The fourth-order valence-corrected chi connectivity index (χ4v) is 2.40. The lowest BCUT2D eigenvalue weighted by atomic mass is 10.1. The van der Waals surface area contributed by atoms with Gasteiger partial charge in [-0.15, -0.1) is 0 Å². The molecule has 1 aliphatic carbocycles. The quantitative estimate of drug-likeness (QED) is 0.702. The van der Waals surface area contributed by atoms with Gasteiger partial charge in [-0.3, -0.25) is 9.11 Å². The standard InChI is InChI=1S/C6H12O3S.CH4O3S/c7-10(8,9)5-6-3-1-2-4-6;1-5(2,3)4/h6H,1-5H2,(H,7,8,9);1H3,(H,2,3,4). The van der Waals surface area contributed by atoms with Crippen LogP contribution in [0.5, 0.6) is 0 Å². The summed E-state index contributed by atoms with van der Waals surface area (Å²) in [6, 6.07) is 0. The van der Waals surface area contributed by atoms with Crippen molar-refractivity contribution in [3.8, 4) is 0 Å². The zero-order valence-corrected chi connectivity index (χ0v) is 10.1. The Kier molecular flexibility index (Phi) is 5.71. The molecule has 1 fully saturated rings. The van der Waals surface area contributed by atoms with E-state index in [2.05, 4.69) is 0 Å². The molecule has 0 atom stereocenters. The summed E-state index contributed by atoms with van der Waals surface area (Å²) in [4.78, 5) is 0. The third-order valence-electron chi connectivity index (χ3n) is 1.92. The van der Waals surface area contributed by atoms with Crippen molar-refractivity contribution in [3.63, 3.8) is 0 Å². The van der Waals surface area contributed by atoms with Crippen molar-refractivity contribution in [2.24, 2.45) is 5.92 Å². The Morgan fingerprint density at radius 3 is 1.67 bits per heavy atom. The van der Waals surface area contributed by atoms with Gasteiger partial charge in [0.1, 0.15) is 0 Å². The second-order valence-electron chi connectivity index (χ2n) is 3.63. The Bertz CT molecular complexity index is 354. The summed E-state index contributed by atoms with van der Waals surface area (Å²) in [5.74, 6) is 0.183. The smallest absolute Gasteiger partial charge is 0.265 e. The van der Waals surface area contributed by atoms with E-state index in [4.69, 9.17) is 9.11 Å². The van der Waals surface area contributed by atoms with E-state index in [1.807, 2.05) is 0 Å². The van der Waals surface area contributed by atoms with E-state index in [1.54, 1.807) is 0 Å². The third kappa shape index (κ3) is 13.8. The molecule has 0 amide bonds. The van der Waals surface area contributed by atoms with Crippen molar-refractivity contribution < 1.29 is 25.9 Å². The topological polar surface area (TPSA) is 109 Å². The average Bonchev–Trinajstić information content (AvgIpc) is 2.30. The fraction of sp³-hybridized carbons (Fsp3) is 1.00. The van der Waals surface area contributed by atoms with Gasteiger partial charge in [0.2, 0.25) is 0 Å². The molecule has 8 heteroatoms. The molecule has 0 bridgehead atoms. The second-order valence-corrected chi connectivity index (χ2v) is 6.60. The van der Waals surface area contributed by atoms with E-state index in [0.717, 1.165) is 25.7 Å². The summed E-state index contributed by atoms with van der Waals surface area (Å²) in [6.45, 7) is 0. The molecule has 2 N–H and O–H groups in total. The maximum atomic E-state index is 10.3. The van der Waals surface area contributed by atoms with Crippen LogP contribution in [0, 0.1) is 5.92 Å². The van der Waals surface area contributed by atoms with Crippen LogP contribution in [0.15, 0.2) is 0 Å². The molecule has 0 radical (unpaired) electrons. The highest BCUT2D eigenvalue weighted by atomic mass is 32.2. The van der Waals surface area contributed by atoms with Crippen molar-refractivity contribution >= 4 is 20.2 Å². The molecule has 0 aromatic carbocycles. The van der Waals surface area contributed by atoms with Crippen LogP contribution in [0.1, 0.15) is 25.7 Å². The lowest BCUT2D eigenvalue weighted by Gasteiger charge is -2.03. The zero-order valence-electron chi connectivity index (χ0n) is 8.46. The summed E-state index contributed by atoms with van der Waals surface area (Å²) in [6.07, 6.45) is 4.85. The van der Waals surface area contributed by atoms with Crippen LogP contribution in [0.3, 0.4) is 0 Å². The highest BCUT2D eigenvalue weighted by Gasteiger charge is 2.20. The summed E-state index contributed by atoms with van der Waals surface area (Å²) < 4.78 is 55.0. The Morgan fingerprint density at radius 1 is 1.07 bits per heavy atom. The average molecular weight is 260 g/mol. The van der Waals surface area contributed by atoms with Crippen LogP contribution in [0.2, 0.25) is 0 Å². The minimum atomic E-state index is -3.71. The lowest BCUT2D eigenvalue weighted by molar-refractivity contribution is 0.465. The van der Waals surface area contributed by atoms with Gasteiger partial charge in [0.05, 0.1) is 12.0 Å². The molecule has 1 saturated carbocycles. The Labute approximate surface area is 90.2 Å². The van der Waals surface area contributed by atoms with Crippen molar-refractivity contribution in [3.05, 3.63) is 0 Å². The van der Waals surface area contributed by atoms with Crippen LogP contribution in [0.4, 0.5) is 0 Å². The van der Waals surface area contributed by atoms with E-state index < -0.39 is 20.2 Å². The second kappa shape index (κ2) is 5.78. The van der Waals surface area contributed by atoms with E-state index in [-0.39, 0.29) is 11.7 Å². The van der Waals surface area contributed by atoms with E-state index in [1.165, 1.54) is 0 Å². The van der Waals surface area contributed by atoms with Gasteiger partial charge in [-0.25, -0.2) is 0 Å². The predicted molar refractivity (Wildman–Crippen MR) is 55.8 cm³/mol. The van der Waals surface area contributed by atoms with E-state index in [9.17, 15) is 16.8 Å². The first-order valence-corrected chi connectivity index (χ1v) is 7.91. The molecule has 1 rings (SSSR count). The van der Waals surface area contributed by atoms with Gasteiger partial charge in [-0.1, -0.05) is 12.8 Å². The van der Waals surface area contributed by atoms with Gasteiger partial charge < -0.3 is 0 Å². The molecule has 0 aromatic rings. The van der Waals surface area contributed by atoms with Gasteiger partial charge >= 0.3 is 0 Å². The lowest BCUT2D eigenvalue weighted by Crippen LogP contribution is -2.11. The van der Waals surface area contributed by atoms with Crippen LogP contribution in [0.25, 0.3) is 0 Å². The van der Waals surface area contributed by atoms with Crippen molar-refractivity contribution in [1.82, 2.24) is 0 Å². The molecule has 92 valence electrons. The molecule has 0 aromatic heterocycles. The fourth-order valence-electron chi connectivity index (χ4n) is 1.47. The summed E-state index contributed by atoms with van der Waals surface area (Å²) in [5.41, 5.74) is 0. The van der Waals surface area contributed by atoms with Gasteiger partial charge in [0.15, 0.2) is 0 Å². The Morgan fingerprint density at radius 2 is 1.40 bits per heavy atom. The monoisotopic (exact) mass is 260 g/mol. The minimum absolute atomic E-state index is 0.0347. The molecule has 0 unspecified atom stereocenters. The molecule has 0 heterocycles. The summed E-state index contributed by atoms with van der Waals surface area (Å²) >= 11 is 0. The van der Waals surface area contributed by atoms with Crippen LogP contribution in [-0.4, -0.2) is 37.9 Å². The first kappa shape index (κ1) is 14.8. The highest BCUT2D eigenvalue weighted by Crippen LogP contribution is 2.25. The van der Waals surface area contributed by atoms with Crippen LogP contribution < -0.4 is 0 Å². The van der Waals surface area contributed by atoms with Gasteiger partial charge in [0.25, 0.3) is 20.2 Å². The maximum Gasteiger partial charge on any atom is 0.265 e. The Hall–Kier alpha value is -0.180. The van der Waals surface area contributed by atoms with Crippen LogP contribution >= 0.6 is 0 Å². The van der Waals surface area contributed by atoms with E-state index in [0.29, 0.717) is 6.26 Å². The Balaban J connectivity index is 0.000000336. The van der Waals surface area contributed by atoms with Crippen molar-refractivity contribution in [2.45, 2.75) is 25.7 Å².